The summed E-state index contributed by atoms with van der Waals surface area (Å²) in [6, 6.07) is 4.22. The number of rotatable bonds is 9. The van der Waals surface area contributed by atoms with Crippen molar-refractivity contribution >= 4 is 23.2 Å². The minimum atomic E-state index is 0.0669. The van der Waals surface area contributed by atoms with E-state index < -0.39 is 0 Å². The summed E-state index contributed by atoms with van der Waals surface area (Å²) in [5.74, 6) is 0.356. The molecule has 2 N–H and O–H groups in total. The molecule has 0 bridgehead atoms. The van der Waals surface area contributed by atoms with Gasteiger partial charge < -0.3 is 10.6 Å². The molecular formula is C19H31N3O2S. The van der Waals surface area contributed by atoms with Crippen molar-refractivity contribution in [3.05, 3.63) is 21.9 Å². The van der Waals surface area contributed by atoms with Crippen LogP contribution in [0.2, 0.25) is 0 Å². The highest BCUT2D eigenvalue weighted by Crippen LogP contribution is 2.18. The van der Waals surface area contributed by atoms with Crippen molar-refractivity contribution in [1.29, 1.82) is 0 Å². The highest BCUT2D eigenvalue weighted by Gasteiger charge is 2.25. The van der Waals surface area contributed by atoms with Gasteiger partial charge in [0.25, 0.3) is 0 Å². The third-order valence-electron chi connectivity index (χ3n) is 4.68. The molecule has 0 radical (unpaired) electrons. The summed E-state index contributed by atoms with van der Waals surface area (Å²) in [6.45, 7) is 7.71. The summed E-state index contributed by atoms with van der Waals surface area (Å²) in [5, 5.41) is 6.02. The van der Waals surface area contributed by atoms with Gasteiger partial charge in [0, 0.05) is 22.2 Å². The van der Waals surface area contributed by atoms with Gasteiger partial charge in [0.05, 0.1) is 13.1 Å². The summed E-state index contributed by atoms with van der Waals surface area (Å²) < 4.78 is 0. The van der Waals surface area contributed by atoms with Crippen LogP contribution in [0.4, 0.5) is 0 Å². The van der Waals surface area contributed by atoms with Gasteiger partial charge in [-0.1, -0.05) is 20.3 Å². The van der Waals surface area contributed by atoms with Gasteiger partial charge in [0.1, 0.15) is 0 Å². The predicted octanol–water partition coefficient (Wildman–Crippen LogP) is 2.56. The van der Waals surface area contributed by atoms with E-state index in [1.807, 2.05) is 0 Å². The zero-order valence-corrected chi connectivity index (χ0v) is 16.3. The topological polar surface area (TPSA) is 61.4 Å². The Bertz CT molecular complexity index is 551. The molecule has 2 amide bonds. The first-order valence-electron chi connectivity index (χ1n) is 9.46. The summed E-state index contributed by atoms with van der Waals surface area (Å²) in [7, 11) is 0. The van der Waals surface area contributed by atoms with E-state index in [1.165, 1.54) is 9.75 Å². The van der Waals surface area contributed by atoms with E-state index in [9.17, 15) is 9.59 Å². The lowest BCUT2D eigenvalue weighted by atomic mass is 9.96. The first-order valence-corrected chi connectivity index (χ1v) is 10.3. The molecule has 1 aliphatic heterocycles. The number of nitrogens with one attached hydrogen (secondary N) is 2. The van der Waals surface area contributed by atoms with Gasteiger partial charge in [-0.15, -0.1) is 11.3 Å². The van der Waals surface area contributed by atoms with Crippen LogP contribution in [-0.2, 0) is 22.6 Å². The maximum atomic E-state index is 12.1. The second-order valence-electron chi connectivity index (χ2n) is 6.69. The molecule has 1 fully saturated rings. The summed E-state index contributed by atoms with van der Waals surface area (Å²) in [5.41, 5.74) is 0. The van der Waals surface area contributed by atoms with E-state index in [0.717, 1.165) is 51.7 Å². The van der Waals surface area contributed by atoms with Crippen LogP contribution in [0, 0.1) is 5.92 Å². The lowest BCUT2D eigenvalue weighted by Crippen LogP contribution is -2.44. The highest BCUT2D eigenvalue weighted by molar-refractivity contribution is 7.11. The van der Waals surface area contributed by atoms with Crippen LogP contribution in [0.5, 0.6) is 0 Å². The molecule has 1 aromatic heterocycles. The average molecular weight is 366 g/mol. The van der Waals surface area contributed by atoms with E-state index in [1.54, 1.807) is 11.3 Å². The van der Waals surface area contributed by atoms with Gasteiger partial charge >= 0.3 is 0 Å². The van der Waals surface area contributed by atoms with Crippen LogP contribution < -0.4 is 10.6 Å². The Kier molecular flexibility index (Phi) is 8.41. The van der Waals surface area contributed by atoms with E-state index in [-0.39, 0.29) is 17.7 Å². The zero-order chi connectivity index (χ0) is 18.1. The fourth-order valence-electron chi connectivity index (χ4n) is 3.04. The van der Waals surface area contributed by atoms with Gasteiger partial charge in [-0.2, -0.15) is 0 Å². The highest BCUT2D eigenvalue weighted by atomic mass is 32.1. The molecule has 0 unspecified atom stereocenters. The fourth-order valence-corrected chi connectivity index (χ4v) is 3.94. The number of nitrogens with zero attached hydrogens (tertiary/aromatic N) is 1. The van der Waals surface area contributed by atoms with E-state index in [0.29, 0.717) is 13.1 Å². The molecule has 1 aliphatic rings. The van der Waals surface area contributed by atoms with Crippen molar-refractivity contribution in [2.45, 2.75) is 52.5 Å². The van der Waals surface area contributed by atoms with Crippen LogP contribution in [-0.4, -0.2) is 42.9 Å². The molecule has 6 heteroatoms. The van der Waals surface area contributed by atoms with Gasteiger partial charge in [-0.05, 0) is 50.9 Å². The van der Waals surface area contributed by atoms with Crippen molar-refractivity contribution in [3.63, 3.8) is 0 Å². The number of unbranched alkanes of at least 4 members (excludes halogenated alkanes) is 1. The molecule has 25 heavy (non-hydrogen) atoms. The number of piperidine rings is 1. The Labute approximate surface area is 155 Å². The number of carbonyl (C=O) groups is 2. The predicted molar refractivity (Wildman–Crippen MR) is 103 cm³/mol. The number of hydrogen-bond acceptors (Lipinski definition) is 4. The third-order valence-corrected chi connectivity index (χ3v) is 5.91. The van der Waals surface area contributed by atoms with E-state index >= 15 is 0 Å². The molecule has 0 aliphatic carbocycles. The molecule has 2 rings (SSSR count). The number of aryl methyl sites for hydroxylation is 1. The largest absolute Gasteiger partial charge is 0.356 e. The van der Waals surface area contributed by atoms with Gasteiger partial charge in [0.15, 0.2) is 0 Å². The first kappa shape index (κ1) is 19.9. The first-order chi connectivity index (χ1) is 12.1. The van der Waals surface area contributed by atoms with Crippen molar-refractivity contribution in [2.24, 2.45) is 5.92 Å². The van der Waals surface area contributed by atoms with Gasteiger partial charge in [-0.3, -0.25) is 14.5 Å². The smallest absolute Gasteiger partial charge is 0.234 e. The summed E-state index contributed by atoms with van der Waals surface area (Å²) >= 11 is 1.76. The Hall–Kier alpha value is -1.40. The molecule has 0 saturated carbocycles. The standard InChI is InChI=1S/C19H31N3O2S/c1-3-5-10-20-19(24)15-8-11-22(12-9-15)14-18(23)21-13-17-7-6-16(4-2)25-17/h6-7,15H,3-5,8-14H2,1-2H3,(H,20,24)(H,21,23). The average Bonchev–Trinajstić information content (AvgIpc) is 3.09. The van der Waals surface area contributed by atoms with Crippen molar-refractivity contribution < 1.29 is 9.59 Å². The second-order valence-corrected chi connectivity index (χ2v) is 7.95. The third kappa shape index (κ3) is 6.78. The quantitative estimate of drug-likeness (QED) is 0.661. The Morgan fingerprint density at radius 1 is 1.16 bits per heavy atom. The van der Waals surface area contributed by atoms with Crippen LogP contribution in [0.25, 0.3) is 0 Å². The molecule has 0 aromatic carbocycles. The van der Waals surface area contributed by atoms with Crippen LogP contribution >= 0.6 is 11.3 Å². The Balaban J connectivity index is 1.63. The van der Waals surface area contributed by atoms with Crippen LogP contribution in [0.3, 0.4) is 0 Å². The van der Waals surface area contributed by atoms with Crippen molar-refractivity contribution in [3.8, 4) is 0 Å². The summed E-state index contributed by atoms with van der Waals surface area (Å²) in [6.07, 6.45) is 4.86. The normalized spacial score (nSPS) is 15.9. The minimum absolute atomic E-state index is 0.0669. The monoisotopic (exact) mass is 365 g/mol. The molecular weight excluding hydrogens is 334 g/mol. The Morgan fingerprint density at radius 3 is 2.52 bits per heavy atom. The second kappa shape index (κ2) is 10.6. The molecule has 140 valence electrons. The maximum absolute atomic E-state index is 12.1. The van der Waals surface area contributed by atoms with E-state index in [4.69, 9.17) is 0 Å². The van der Waals surface area contributed by atoms with Crippen molar-refractivity contribution in [2.75, 3.05) is 26.2 Å². The van der Waals surface area contributed by atoms with E-state index in [2.05, 4.69) is 41.5 Å². The van der Waals surface area contributed by atoms with Gasteiger partial charge in [0.2, 0.25) is 11.8 Å². The maximum Gasteiger partial charge on any atom is 0.234 e. The molecule has 0 spiro atoms. The Morgan fingerprint density at radius 2 is 1.88 bits per heavy atom. The number of carbonyl (C=O) groups excluding carboxylic acids is 2. The minimum Gasteiger partial charge on any atom is -0.356 e. The van der Waals surface area contributed by atoms with Gasteiger partial charge in [-0.25, -0.2) is 0 Å². The number of hydrogen-bond donors (Lipinski definition) is 2. The lowest BCUT2D eigenvalue weighted by Gasteiger charge is -2.30. The van der Waals surface area contributed by atoms with Crippen molar-refractivity contribution in [1.82, 2.24) is 15.5 Å². The number of likely N-dealkylation sites (tertiary alicyclic amines) is 1. The van der Waals surface area contributed by atoms with Crippen LogP contribution in [0.15, 0.2) is 12.1 Å². The lowest BCUT2D eigenvalue weighted by molar-refractivity contribution is -0.126. The number of amides is 2. The molecule has 2 heterocycles. The fraction of sp³-hybridized carbons (Fsp3) is 0.684. The van der Waals surface area contributed by atoms with Crippen LogP contribution in [0.1, 0.15) is 49.3 Å². The summed E-state index contributed by atoms with van der Waals surface area (Å²) in [4.78, 5) is 28.9. The zero-order valence-electron chi connectivity index (χ0n) is 15.5. The molecule has 1 aromatic rings. The SMILES string of the molecule is CCCCNC(=O)C1CCN(CC(=O)NCc2ccc(CC)s2)CC1. The number of thiophene rings is 1. The molecule has 5 nitrogen and oxygen atoms in total. The molecule has 0 atom stereocenters. The molecule has 1 saturated heterocycles.